The maximum atomic E-state index is 12.5. The van der Waals surface area contributed by atoms with Crippen molar-refractivity contribution < 1.29 is 17.9 Å². The number of alkyl halides is 3. The molecule has 0 aliphatic carbocycles. The van der Waals surface area contributed by atoms with Crippen molar-refractivity contribution >= 4 is 5.96 Å². The number of nitrogens with one attached hydrogen (secondary N) is 2. The Bertz CT molecular complexity index is 860. The Morgan fingerprint density at radius 2 is 2.00 bits per heavy atom. The summed E-state index contributed by atoms with van der Waals surface area (Å²) in [6.07, 6.45) is -2.03. The molecule has 1 aromatic heterocycles. The lowest BCUT2D eigenvalue weighted by Gasteiger charge is -2.21. The van der Waals surface area contributed by atoms with Crippen LogP contribution in [0.5, 0.6) is 5.88 Å². The van der Waals surface area contributed by atoms with E-state index < -0.39 is 12.8 Å². The Balaban J connectivity index is 1.52. The molecule has 1 saturated heterocycles. The number of guanidine groups is 1. The molecule has 0 amide bonds. The SMILES string of the molecule is CN=C(NCc1cccnc1OCC(F)(F)F)NC1CC(C)N(Cc2ccccc2)C1. The van der Waals surface area contributed by atoms with E-state index in [9.17, 15) is 13.2 Å². The molecule has 0 spiro atoms. The first kappa shape index (κ1) is 22.9. The van der Waals surface area contributed by atoms with E-state index in [4.69, 9.17) is 4.74 Å². The molecule has 3 rings (SSSR count). The fraction of sp³-hybridized carbons (Fsp3) is 0.455. The molecule has 0 bridgehead atoms. The summed E-state index contributed by atoms with van der Waals surface area (Å²) < 4.78 is 42.2. The van der Waals surface area contributed by atoms with Gasteiger partial charge in [0.15, 0.2) is 12.6 Å². The van der Waals surface area contributed by atoms with Crippen LogP contribution in [0.2, 0.25) is 0 Å². The van der Waals surface area contributed by atoms with Crippen molar-refractivity contribution in [2.45, 2.75) is 44.7 Å². The van der Waals surface area contributed by atoms with Gasteiger partial charge in [-0.2, -0.15) is 13.2 Å². The van der Waals surface area contributed by atoms with E-state index in [1.54, 1.807) is 19.2 Å². The fourth-order valence-electron chi connectivity index (χ4n) is 3.65. The third-order valence-corrected chi connectivity index (χ3v) is 5.17. The highest BCUT2D eigenvalue weighted by atomic mass is 19.4. The second-order valence-corrected chi connectivity index (χ2v) is 7.64. The molecule has 1 aromatic carbocycles. The second-order valence-electron chi connectivity index (χ2n) is 7.64. The topological polar surface area (TPSA) is 61.8 Å². The molecule has 1 aliphatic rings. The summed E-state index contributed by atoms with van der Waals surface area (Å²) in [4.78, 5) is 10.6. The highest BCUT2D eigenvalue weighted by Gasteiger charge is 2.30. The number of halogens is 3. The van der Waals surface area contributed by atoms with Crippen molar-refractivity contribution in [2.24, 2.45) is 4.99 Å². The summed E-state index contributed by atoms with van der Waals surface area (Å²) in [6, 6.07) is 14.3. The van der Waals surface area contributed by atoms with Gasteiger partial charge in [-0.1, -0.05) is 36.4 Å². The minimum absolute atomic E-state index is 0.0358. The van der Waals surface area contributed by atoms with Crippen LogP contribution in [0.4, 0.5) is 13.2 Å². The molecule has 31 heavy (non-hydrogen) atoms. The summed E-state index contributed by atoms with van der Waals surface area (Å²) in [5.41, 5.74) is 1.81. The third kappa shape index (κ3) is 7.13. The van der Waals surface area contributed by atoms with Crippen LogP contribution < -0.4 is 15.4 Å². The van der Waals surface area contributed by atoms with E-state index in [0.29, 0.717) is 17.6 Å². The van der Waals surface area contributed by atoms with E-state index in [0.717, 1.165) is 19.5 Å². The maximum absolute atomic E-state index is 12.5. The number of hydrogen-bond acceptors (Lipinski definition) is 4. The van der Waals surface area contributed by atoms with Gasteiger partial charge in [0.05, 0.1) is 0 Å². The number of pyridine rings is 1. The number of hydrogen-bond donors (Lipinski definition) is 2. The molecule has 6 nitrogen and oxygen atoms in total. The Hall–Kier alpha value is -2.81. The van der Waals surface area contributed by atoms with Gasteiger partial charge in [0.25, 0.3) is 0 Å². The van der Waals surface area contributed by atoms with Crippen molar-refractivity contribution in [2.75, 3.05) is 20.2 Å². The molecule has 0 saturated carbocycles. The molecule has 1 aliphatic heterocycles. The molecule has 2 unspecified atom stereocenters. The summed E-state index contributed by atoms with van der Waals surface area (Å²) >= 11 is 0. The lowest BCUT2D eigenvalue weighted by Crippen LogP contribution is -2.44. The van der Waals surface area contributed by atoms with E-state index in [1.807, 2.05) is 18.2 Å². The second kappa shape index (κ2) is 10.5. The molecule has 168 valence electrons. The molecule has 1 fully saturated rings. The Kier molecular flexibility index (Phi) is 7.73. The number of likely N-dealkylation sites (tertiary alicyclic amines) is 1. The lowest BCUT2D eigenvalue weighted by atomic mass is 10.2. The average Bonchev–Trinajstić information content (AvgIpc) is 3.09. The van der Waals surface area contributed by atoms with E-state index >= 15 is 0 Å². The highest BCUT2D eigenvalue weighted by Crippen LogP contribution is 2.21. The van der Waals surface area contributed by atoms with Gasteiger partial charge in [-0.25, -0.2) is 4.98 Å². The zero-order chi connectivity index (χ0) is 22.3. The first-order chi connectivity index (χ1) is 14.8. The van der Waals surface area contributed by atoms with Crippen LogP contribution in [0.15, 0.2) is 53.7 Å². The van der Waals surface area contributed by atoms with Gasteiger partial charge in [0, 0.05) is 50.5 Å². The molecular formula is C22H28F3N5O. The first-order valence-electron chi connectivity index (χ1n) is 10.2. The van der Waals surface area contributed by atoms with Crippen LogP contribution in [0, 0.1) is 0 Å². The highest BCUT2D eigenvalue weighted by molar-refractivity contribution is 5.80. The predicted molar refractivity (Wildman–Crippen MR) is 114 cm³/mol. The summed E-state index contributed by atoms with van der Waals surface area (Å²) in [5.74, 6) is 0.552. The zero-order valence-corrected chi connectivity index (χ0v) is 17.7. The minimum atomic E-state index is -4.41. The molecular weight excluding hydrogens is 407 g/mol. The maximum Gasteiger partial charge on any atom is 0.422 e. The number of benzene rings is 1. The van der Waals surface area contributed by atoms with Crippen LogP contribution in [0.25, 0.3) is 0 Å². The van der Waals surface area contributed by atoms with Gasteiger partial charge in [-0.05, 0) is 25.0 Å². The van der Waals surface area contributed by atoms with Gasteiger partial charge in [0.1, 0.15) is 0 Å². The minimum Gasteiger partial charge on any atom is -0.468 e. The normalized spacial score (nSPS) is 20.0. The third-order valence-electron chi connectivity index (χ3n) is 5.17. The molecule has 2 atom stereocenters. The molecule has 2 heterocycles. The summed E-state index contributed by atoms with van der Waals surface area (Å²) in [5, 5.41) is 6.56. The largest absolute Gasteiger partial charge is 0.468 e. The van der Waals surface area contributed by atoms with Gasteiger partial charge in [-0.3, -0.25) is 9.89 Å². The Morgan fingerprint density at radius 3 is 2.71 bits per heavy atom. The first-order valence-corrected chi connectivity index (χ1v) is 10.2. The Labute approximate surface area is 180 Å². The lowest BCUT2D eigenvalue weighted by molar-refractivity contribution is -0.154. The van der Waals surface area contributed by atoms with Crippen LogP contribution in [0.3, 0.4) is 0 Å². The monoisotopic (exact) mass is 435 g/mol. The molecule has 2 N–H and O–H groups in total. The van der Waals surface area contributed by atoms with Gasteiger partial charge in [-0.15, -0.1) is 0 Å². The summed E-state index contributed by atoms with van der Waals surface area (Å²) in [7, 11) is 1.67. The number of aliphatic imine (C=N–C) groups is 1. The van der Waals surface area contributed by atoms with E-state index in [2.05, 4.69) is 44.6 Å². The van der Waals surface area contributed by atoms with Crippen LogP contribution in [0.1, 0.15) is 24.5 Å². The van der Waals surface area contributed by atoms with Crippen molar-refractivity contribution in [3.05, 3.63) is 59.8 Å². The van der Waals surface area contributed by atoms with E-state index in [1.165, 1.54) is 11.8 Å². The van der Waals surface area contributed by atoms with Crippen molar-refractivity contribution in [1.82, 2.24) is 20.5 Å². The van der Waals surface area contributed by atoms with E-state index in [-0.39, 0.29) is 18.5 Å². The zero-order valence-electron chi connectivity index (χ0n) is 17.7. The van der Waals surface area contributed by atoms with Crippen LogP contribution >= 0.6 is 0 Å². The average molecular weight is 435 g/mol. The van der Waals surface area contributed by atoms with Crippen molar-refractivity contribution in [3.63, 3.8) is 0 Å². The Morgan fingerprint density at radius 1 is 1.23 bits per heavy atom. The fourth-order valence-corrected chi connectivity index (χ4v) is 3.65. The van der Waals surface area contributed by atoms with Crippen molar-refractivity contribution in [1.29, 1.82) is 0 Å². The van der Waals surface area contributed by atoms with Crippen LogP contribution in [-0.2, 0) is 13.1 Å². The van der Waals surface area contributed by atoms with Gasteiger partial charge >= 0.3 is 6.18 Å². The number of aromatic nitrogens is 1. The van der Waals surface area contributed by atoms with Gasteiger partial charge < -0.3 is 15.4 Å². The number of rotatable bonds is 7. The number of ether oxygens (including phenoxy) is 1. The molecule has 2 aromatic rings. The van der Waals surface area contributed by atoms with Crippen LogP contribution in [-0.4, -0.2) is 54.3 Å². The smallest absolute Gasteiger partial charge is 0.422 e. The molecule has 0 radical (unpaired) electrons. The van der Waals surface area contributed by atoms with Gasteiger partial charge in [0.2, 0.25) is 5.88 Å². The summed E-state index contributed by atoms with van der Waals surface area (Å²) in [6.45, 7) is 2.85. The number of nitrogens with zero attached hydrogens (tertiary/aromatic N) is 3. The van der Waals surface area contributed by atoms with Crippen molar-refractivity contribution in [3.8, 4) is 5.88 Å². The standard InChI is InChI=1S/C22H28F3N5O/c1-16-11-19(14-30(16)13-17-7-4-3-5-8-17)29-21(26-2)28-12-18-9-6-10-27-20(18)31-15-22(23,24)25/h3-10,16,19H,11-15H2,1-2H3,(H2,26,28,29). The molecule has 9 heteroatoms. The predicted octanol–water partition coefficient (Wildman–Crippen LogP) is 3.35. The quantitative estimate of drug-likeness (QED) is 0.516.